The summed E-state index contributed by atoms with van der Waals surface area (Å²) < 4.78 is 0. The maximum atomic E-state index is 11.4. The highest BCUT2D eigenvalue weighted by molar-refractivity contribution is 6.07. The van der Waals surface area contributed by atoms with E-state index in [0.717, 1.165) is 12.1 Å². The van der Waals surface area contributed by atoms with Crippen LogP contribution in [0.25, 0.3) is 0 Å². The number of ketones is 1. The third-order valence-corrected chi connectivity index (χ3v) is 2.31. The predicted octanol–water partition coefficient (Wildman–Crippen LogP) is 2.80. The number of allylic oxidation sites excluding steroid dienone is 5. The quantitative estimate of drug-likeness (QED) is 0.321. The summed E-state index contributed by atoms with van der Waals surface area (Å²) in [5.74, 6) is 2.07. The van der Waals surface area contributed by atoms with Crippen molar-refractivity contribution in [3.63, 3.8) is 0 Å². The van der Waals surface area contributed by atoms with E-state index in [1.54, 1.807) is 13.0 Å². The second-order valence-corrected chi connectivity index (χ2v) is 3.47. The van der Waals surface area contributed by atoms with Gasteiger partial charge in [0.2, 0.25) is 0 Å². The maximum absolute atomic E-state index is 11.4. The van der Waals surface area contributed by atoms with Crippen molar-refractivity contribution in [1.29, 1.82) is 0 Å². The summed E-state index contributed by atoms with van der Waals surface area (Å²) in [5.41, 5.74) is 1.43. The molecule has 0 heterocycles. The first kappa shape index (κ1) is 14.2. The second-order valence-electron chi connectivity index (χ2n) is 3.47. The average molecular weight is 217 g/mol. The van der Waals surface area contributed by atoms with Crippen LogP contribution in [0, 0.1) is 18.3 Å². The summed E-state index contributed by atoms with van der Waals surface area (Å²) in [6.45, 7) is 9.47. The molecule has 0 aliphatic heterocycles. The molecule has 16 heavy (non-hydrogen) atoms. The normalized spacial score (nSPS) is 13.9. The first-order chi connectivity index (χ1) is 7.60. The third kappa shape index (κ3) is 4.18. The Morgan fingerprint density at radius 1 is 1.50 bits per heavy atom. The number of carbonyl (C=O) groups excluding carboxylic acids is 1. The highest BCUT2D eigenvalue weighted by Gasteiger charge is 2.11. The first-order valence-corrected chi connectivity index (χ1v) is 5.32. The third-order valence-electron chi connectivity index (χ3n) is 2.31. The van der Waals surface area contributed by atoms with E-state index in [4.69, 9.17) is 6.42 Å². The summed E-state index contributed by atoms with van der Waals surface area (Å²) >= 11 is 0. The van der Waals surface area contributed by atoms with Crippen LogP contribution in [0.3, 0.4) is 0 Å². The van der Waals surface area contributed by atoms with Gasteiger partial charge < -0.3 is 5.32 Å². The molecule has 0 spiro atoms. The number of hydrogen-bond acceptors (Lipinski definition) is 2. The van der Waals surface area contributed by atoms with E-state index in [1.807, 2.05) is 19.1 Å². The molecule has 0 aromatic rings. The summed E-state index contributed by atoms with van der Waals surface area (Å²) in [6.07, 6.45) is 11.4. The summed E-state index contributed by atoms with van der Waals surface area (Å²) in [5, 5.41) is 3.07. The van der Waals surface area contributed by atoms with Gasteiger partial charge in [-0.3, -0.25) is 4.79 Å². The zero-order chi connectivity index (χ0) is 12.6. The molecule has 2 heteroatoms. The minimum atomic E-state index is -0.326. The standard InChI is InChI=1S/C14H19NO/c1-6-10-11(5)12(7-2)15-13(8-3)14(16)9-4/h4,6-8,11,15H,1,10H2,2-3,5H3/b12-7-,13-8-. The molecule has 1 unspecified atom stereocenters. The fourth-order valence-electron chi connectivity index (χ4n) is 1.35. The fourth-order valence-corrected chi connectivity index (χ4v) is 1.35. The number of carbonyl (C=O) groups is 1. The van der Waals surface area contributed by atoms with Crippen LogP contribution in [0.15, 0.2) is 36.2 Å². The minimum absolute atomic E-state index is 0.294. The lowest BCUT2D eigenvalue weighted by molar-refractivity contribution is -0.110. The van der Waals surface area contributed by atoms with Crippen LogP contribution in [0.4, 0.5) is 0 Å². The lowest BCUT2D eigenvalue weighted by atomic mass is 10.0. The zero-order valence-electron chi connectivity index (χ0n) is 10.2. The van der Waals surface area contributed by atoms with Crippen molar-refractivity contribution in [3.8, 4) is 12.3 Å². The van der Waals surface area contributed by atoms with E-state index in [2.05, 4.69) is 24.7 Å². The number of Topliss-reactive ketones (excluding diaryl/α,β-unsaturated/α-hetero) is 1. The molecule has 0 aromatic carbocycles. The van der Waals surface area contributed by atoms with Crippen LogP contribution >= 0.6 is 0 Å². The average Bonchev–Trinajstić information content (AvgIpc) is 2.30. The van der Waals surface area contributed by atoms with Gasteiger partial charge in [0.1, 0.15) is 0 Å². The van der Waals surface area contributed by atoms with Crippen molar-refractivity contribution in [2.24, 2.45) is 5.92 Å². The summed E-state index contributed by atoms with van der Waals surface area (Å²) in [4.78, 5) is 11.4. The van der Waals surface area contributed by atoms with Gasteiger partial charge in [-0.15, -0.1) is 13.0 Å². The molecule has 0 aliphatic carbocycles. The van der Waals surface area contributed by atoms with Crippen LogP contribution in [0.1, 0.15) is 27.2 Å². The Bertz CT molecular complexity index is 355. The molecule has 0 aromatic heterocycles. The molecule has 0 bridgehead atoms. The second kappa shape index (κ2) is 7.53. The Kier molecular flexibility index (Phi) is 6.71. The van der Waals surface area contributed by atoms with Gasteiger partial charge in [-0.05, 0) is 32.1 Å². The molecule has 0 amide bonds. The van der Waals surface area contributed by atoms with Crippen LogP contribution in [-0.4, -0.2) is 5.78 Å². The van der Waals surface area contributed by atoms with Crippen molar-refractivity contribution in [2.75, 3.05) is 0 Å². The van der Waals surface area contributed by atoms with E-state index < -0.39 is 0 Å². The molecule has 0 rings (SSSR count). The molecule has 0 saturated carbocycles. The summed E-state index contributed by atoms with van der Waals surface area (Å²) in [7, 11) is 0. The minimum Gasteiger partial charge on any atom is -0.355 e. The van der Waals surface area contributed by atoms with Gasteiger partial charge in [-0.2, -0.15) is 0 Å². The highest BCUT2D eigenvalue weighted by atomic mass is 16.1. The first-order valence-electron chi connectivity index (χ1n) is 5.32. The van der Waals surface area contributed by atoms with Crippen LogP contribution in [-0.2, 0) is 4.79 Å². The molecule has 0 saturated heterocycles. The SMILES string of the molecule is C#CC(=O)/C(=C/C)N/C(=C\C)C(C)CC=C. The van der Waals surface area contributed by atoms with Crippen molar-refractivity contribution in [2.45, 2.75) is 27.2 Å². The van der Waals surface area contributed by atoms with E-state index in [9.17, 15) is 4.79 Å². The van der Waals surface area contributed by atoms with Crippen molar-refractivity contribution >= 4 is 5.78 Å². The van der Waals surface area contributed by atoms with E-state index in [1.165, 1.54) is 0 Å². The molecule has 2 nitrogen and oxygen atoms in total. The lowest BCUT2D eigenvalue weighted by Crippen LogP contribution is -2.22. The van der Waals surface area contributed by atoms with Gasteiger partial charge in [0.25, 0.3) is 5.78 Å². The molecule has 0 aliphatic rings. The van der Waals surface area contributed by atoms with Crippen molar-refractivity contribution in [3.05, 3.63) is 36.2 Å². The number of rotatable bonds is 6. The number of hydrogen-bond donors (Lipinski definition) is 1. The topological polar surface area (TPSA) is 29.1 Å². The Balaban J connectivity index is 4.74. The Morgan fingerprint density at radius 2 is 2.12 bits per heavy atom. The fraction of sp³-hybridized carbons (Fsp3) is 0.357. The molecule has 86 valence electrons. The maximum Gasteiger partial charge on any atom is 0.251 e. The summed E-state index contributed by atoms with van der Waals surface area (Å²) in [6, 6.07) is 0. The Labute approximate surface area is 98.1 Å². The molecule has 0 fully saturated rings. The van der Waals surface area contributed by atoms with E-state index >= 15 is 0 Å². The molecule has 1 atom stereocenters. The lowest BCUT2D eigenvalue weighted by Gasteiger charge is -2.17. The smallest absolute Gasteiger partial charge is 0.251 e. The molecular formula is C14H19NO. The molecular weight excluding hydrogens is 198 g/mol. The molecule has 1 N–H and O–H groups in total. The molecule has 0 radical (unpaired) electrons. The van der Waals surface area contributed by atoms with Gasteiger partial charge in [-0.1, -0.05) is 25.2 Å². The van der Waals surface area contributed by atoms with Crippen LogP contribution < -0.4 is 5.32 Å². The number of nitrogens with one attached hydrogen (secondary N) is 1. The van der Waals surface area contributed by atoms with Crippen LogP contribution in [0.2, 0.25) is 0 Å². The Morgan fingerprint density at radius 3 is 2.50 bits per heavy atom. The van der Waals surface area contributed by atoms with E-state index in [-0.39, 0.29) is 5.78 Å². The van der Waals surface area contributed by atoms with Gasteiger partial charge in [0, 0.05) is 5.70 Å². The van der Waals surface area contributed by atoms with E-state index in [0.29, 0.717) is 11.6 Å². The van der Waals surface area contributed by atoms with Crippen molar-refractivity contribution in [1.82, 2.24) is 5.32 Å². The highest BCUT2D eigenvalue weighted by Crippen LogP contribution is 2.14. The number of terminal acetylenes is 1. The predicted molar refractivity (Wildman–Crippen MR) is 68.5 cm³/mol. The van der Waals surface area contributed by atoms with Crippen molar-refractivity contribution < 1.29 is 4.79 Å². The van der Waals surface area contributed by atoms with Gasteiger partial charge in [0.15, 0.2) is 0 Å². The monoisotopic (exact) mass is 217 g/mol. The Hall–Kier alpha value is -1.75. The van der Waals surface area contributed by atoms with Gasteiger partial charge >= 0.3 is 0 Å². The largest absolute Gasteiger partial charge is 0.355 e. The van der Waals surface area contributed by atoms with Gasteiger partial charge in [0.05, 0.1) is 5.70 Å². The zero-order valence-corrected chi connectivity index (χ0v) is 10.2. The van der Waals surface area contributed by atoms with Gasteiger partial charge in [-0.25, -0.2) is 0 Å². The van der Waals surface area contributed by atoms with Crippen LogP contribution in [0.5, 0.6) is 0 Å².